The predicted molar refractivity (Wildman–Crippen MR) is 112 cm³/mol. The lowest BCUT2D eigenvalue weighted by Gasteiger charge is -2.19. The van der Waals surface area contributed by atoms with Crippen molar-refractivity contribution in [3.63, 3.8) is 0 Å². The first-order valence-corrected chi connectivity index (χ1v) is 9.92. The minimum atomic E-state index is 0.175. The van der Waals surface area contributed by atoms with Crippen LogP contribution >= 0.6 is 0 Å². The van der Waals surface area contributed by atoms with Crippen molar-refractivity contribution >= 4 is 5.96 Å². The van der Waals surface area contributed by atoms with Crippen molar-refractivity contribution in [2.75, 3.05) is 6.54 Å². The van der Waals surface area contributed by atoms with E-state index in [1.807, 2.05) is 24.6 Å². The molecular weight excluding hydrogens is 336 g/mol. The van der Waals surface area contributed by atoms with Crippen molar-refractivity contribution < 1.29 is 0 Å². The Kier molecular flexibility index (Phi) is 8.30. The summed E-state index contributed by atoms with van der Waals surface area (Å²) in [6.45, 7) is 10.1. The third-order valence-corrected chi connectivity index (χ3v) is 4.71. The smallest absolute Gasteiger partial charge is 0.192 e. The number of aromatic nitrogens is 3. The molecule has 0 amide bonds. The van der Waals surface area contributed by atoms with Crippen LogP contribution in [-0.2, 0) is 13.6 Å². The second-order valence-electron chi connectivity index (χ2n) is 7.48. The number of nitrogens with one attached hydrogen (secondary N) is 2. The molecule has 1 aromatic heterocycles. The van der Waals surface area contributed by atoms with Crippen LogP contribution in [0.2, 0.25) is 0 Å². The highest BCUT2D eigenvalue weighted by Crippen LogP contribution is 2.11. The summed E-state index contributed by atoms with van der Waals surface area (Å²) >= 11 is 0. The zero-order chi connectivity index (χ0) is 19.6. The van der Waals surface area contributed by atoms with Gasteiger partial charge in [0.25, 0.3) is 0 Å². The Balaban J connectivity index is 1.98. The van der Waals surface area contributed by atoms with E-state index in [-0.39, 0.29) is 6.04 Å². The van der Waals surface area contributed by atoms with Gasteiger partial charge in [0.2, 0.25) is 0 Å². The molecule has 0 radical (unpaired) electrons. The number of aliphatic imine (C=N–C) groups is 1. The van der Waals surface area contributed by atoms with Crippen LogP contribution in [0.3, 0.4) is 0 Å². The number of nitrogens with zero attached hydrogens (tertiary/aromatic N) is 4. The molecule has 1 aromatic carbocycles. The van der Waals surface area contributed by atoms with E-state index in [0.717, 1.165) is 36.5 Å². The third-order valence-electron chi connectivity index (χ3n) is 4.71. The van der Waals surface area contributed by atoms with Crippen LogP contribution in [0.25, 0.3) is 0 Å². The quantitative estimate of drug-likeness (QED) is 0.401. The van der Waals surface area contributed by atoms with Gasteiger partial charge in [-0.1, -0.05) is 57.0 Å². The van der Waals surface area contributed by atoms with E-state index in [1.165, 1.54) is 18.4 Å². The van der Waals surface area contributed by atoms with E-state index in [4.69, 9.17) is 4.99 Å². The molecule has 0 saturated heterocycles. The lowest BCUT2D eigenvalue weighted by molar-refractivity contribution is 0.533. The summed E-state index contributed by atoms with van der Waals surface area (Å²) in [6, 6.07) is 10.6. The van der Waals surface area contributed by atoms with Gasteiger partial charge >= 0.3 is 0 Å². The number of unbranched alkanes of at least 4 members (excludes halogenated alkanes) is 1. The Bertz CT molecular complexity index is 705. The van der Waals surface area contributed by atoms with Gasteiger partial charge in [-0.2, -0.15) is 0 Å². The van der Waals surface area contributed by atoms with Gasteiger partial charge in [-0.15, -0.1) is 10.2 Å². The fraction of sp³-hybridized carbons (Fsp3) is 0.571. The first kappa shape index (κ1) is 20.9. The molecule has 148 valence electrons. The Morgan fingerprint density at radius 1 is 1.11 bits per heavy atom. The molecule has 1 unspecified atom stereocenters. The van der Waals surface area contributed by atoms with E-state index in [0.29, 0.717) is 6.54 Å². The number of benzene rings is 1. The third kappa shape index (κ3) is 7.04. The summed E-state index contributed by atoms with van der Waals surface area (Å²) in [6.07, 6.45) is 3.64. The SMILES string of the molecule is Cc1nnc(CN=C(NCCCCC(C)C)NC(C)c2ccccc2)n1C. The zero-order valence-corrected chi connectivity index (χ0v) is 17.4. The molecule has 6 heteroatoms. The zero-order valence-electron chi connectivity index (χ0n) is 17.4. The van der Waals surface area contributed by atoms with E-state index in [1.54, 1.807) is 0 Å². The van der Waals surface area contributed by atoms with E-state index < -0.39 is 0 Å². The summed E-state index contributed by atoms with van der Waals surface area (Å²) in [5.74, 6) is 3.33. The summed E-state index contributed by atoms with van der Waals surface area (Å²) in [4.78, 5) is 4.74. The fourth-order valence-corrected chi connectivity index (χ4v) is 2.81. The molecule has 0 bridgehead atoms. The van der Waals surface area contributed by atoms with Crippen LogP contribution in [0.1, 0.15) is 63.3 Å². The minimum Gasteiger partial charge on any atom is -0.356 e. The van der Waals surface area contributed by atoms with Crippen LogP contribution in [0.5, 0.6) is 0 Å². The summed E-state index contributed by atoms with van der Waals surface area (Å²) < 4.78 is 1.98. The average molecular weight is 371 g/mol. The van der Waals surface area contributed by atoms with Gasteiger partial charge in [0, 0.05) is 13.6 Å². The highest BCUT2D eigenvalue weighted by Gasteiger charge is 2.09. The molecule has 2 aromatic rings. The summed E-state index contributed by atoms with van der Waals surface area (Å²) in [5.41, 5.74) is 1.24. The van der Waals surface area contributed by atoms with Gasteiger partial charge in [0.1, 0.15) is 12.4 Å². The minimum absolute atomic E-state index is 0.175. The number of hydrogen-bond donors (Lipinski definition) is 2. The second-order valence-corrected chi connectivity index (χ2v) is 7.48. The molecule has 27 heavy (non-hydrogen) atoms. The maximum absolute atomic E-state index is 4.74. The molecular formula is C21H34N6. The largest absolute Gasteiger partial charge is 0.356 e. The lowest BCUT2D eigenvalue weighted by atomic mass is 10.1. The number of hydrogen-bond acceptors (Lipinski definition) is 3. The van der Waals surface area contributed by atoms with Crippen molar-refractivity contribution in [2.45, 2.75) is 59.5 Å². The molecule has 1 heterocycles. The molecule has 6 nitrogen and oxygen atoms in total. The molecule has 2 N–H and O–H groups in total. The van der Waals surface area contributed by atoms with Crippen molar-refractivity contribution in [1.82, 2.24) is 25.4 Å². The Morgan fingerprint density at radius 3 is 2.48 bits per heavy atom. The molecule has 1 atom stereocenters. The van der Waals surface area contributed by atoms with Gasteiger partial charge in [0.05, 0.1) is 6.04 Å². The maximum atomic E-state index is 4.74. The highest BCUT2D eigenvalue weighted by atomic mass is 15.3. The van der Waals surface area contributed by atoms with Crippen molar-refractivity contribution in [2.24, 2.45) is 18.0 Å². The second kappa shape index (κ2) is 10.7. The standard InChI is InChI=1S/C21H34N6/c1-16(2)11-9-10-14-22-21(23-15-20-26-25-18(4)27(20)5)24-17(3)19-12-7-6-8-13-19/h6-8,12-13,16-17H,9-11,14-15H2,1-5H3,(H2,22,23,24). The van der Waals surface area contributed by atoms with Crippen LogP contribution in [0.4, 0.5) is 0 Å². The van der Waals surface area contributed by atoms with Crippen molar-refractivity contribution in [1.29, 1.82) is 0 Å². The van der Waals surface area contributed by atoms with Gasteiger partial charge in [-0.3, -0.25) is 0 Å². The average Bonchev–Trinajstić information content (AvgIpc) is 2.98. The maximum Gasteiger partial charge on any atom is 0.192 e. The summed E-state index contributed by atoms with van der Waals surface area (Å²) in [5, 5.41) is 15.3. The summed E-state index contributed by atoms with van der Waals surface area (Å²) in [7, 11) is 1.97. The predicted octanol–water partition coefficient (Wildman–Crippen LogP) is 3.75. The van der Waals surface area contributed by atoms with Gasteiger partial charge < -0.3 is 15.2 Å². The van der Waals surface area contributed by atoms with Gasteiger partial charge in [-0.25, -0.2) is 4.99 Å². The topological polar surface area (TPSA) is 67.1 Å². The number of aryl methyl sites for hydroxylation is 1. The molecule has 2 rings (SSSR count). The molecule has 0 saturated carbocycles. The lowest BCUT2D eigenvalue weighted by Crippen LogP contribution is -2.39. The normalized spacial score (nSPS) is 13.0. The number of rotatable bonds is 9. The van der Waals surface area contributed by atoms with E-state index in [2.05, 4.69) is 65.9 Å². The van der Waals surface area contributed by atoms with E-state index >= 15 is 0 Å². The van der Waals surface area contributed by atoms with Crippen molar-refractivity contribution in [3.8, 4) is 0 Å². The Hall–Kier alpha value is -2.37. The number of guanidine groups is 1. The monoisotopic (exact) mass is 370 g/mol. The van der Waals surface area contributed by atoms with Crippen molar-refractivity contribution in [3.05, 3.63) is 47.5 Å². The van der Waals surface area contributed by atoms with Crippen LogP contribution in [0.15, 0.2) is 35.3 Å². The molecule has 0 spiro atoms. The van der Waals surface area contributed by atoms with Gasteiger partial charge in [0.15, 0.2) is 11.8 Å². The molecule has 0 fully saturated rings. The van der Waals surface area contributed by atoms with Gasteiger partial charge in [-0.05, 0) is 31.7 Å². The highest BCUT2D eigenvalue weighted by molar-refractivity contribution is 5.80. The molecule has 0 aliphatic heterocycles. The fourth-order valence-electron chi connectivity index (χ4n) is 2.81. The Labute approximate surface area is 163 Å². The van der Waals surface area contributed by atoms with Crippen LogP contribution in [0, 0.1) is 12.8 Å². The van der Waals surface area contributed by atoms with E-state index in [9.17, 15) is 0 Å². The molecule has 0 aliphatic rings. The van der Waals surface area contributed by atoms with Crippen LogP contribution < -0.4 is 10.6 Å². The molecule has 0 aliphatic carbocycles. The Morgan fingerprint density at radius 2 is 1.85 bits per heavy atom. The van der Waals surface area contributed by atoms with Crippen LogP contribution in [-0.4, -0.2) is 27.3 Å². The first-order chi connectivity index (χ1) is 13.0. The first-order valence-electron chi connectivity index (χ1n) is 9.92.